The summed E-state index contributed by atoms with van der Waals surface area (Å²) in [6, 6.07) is 11.9. The number of fused-ring (bicyclic) bond motifs is 2. The first-order valence-corrected chi connectivity index (χ1v) is 9.86. The van der Waals surface area contributed by atoms with Crippen molar-refractivity contribution in [2.75, 3.05) is 20.0 Å². The lowest BCUT2D eigenvalue weighted by Crippen LogP contribution is -2.40. The molecule has 6 heteroatoms. The van der Waals surface area contributed by atoms with Gasteiger partial charge in [0.15, 0.2) is 0 Å². The van der Waals surface area contributed by atoms with E-state index in [1.165, 1.54) is 6.42 Å². The fourth-order valence-electron chi connectivity index (χ4n) is 4.33. The maximum Gasteiger partial charge on any atom is 0.258 e. The summed E-state index contributed by atoms with van der Waals surface area (Å²) in [6.07, 6.45) is 3.30. The molecule has 0 radical (unpaired) electrons. The predicted molar refractivity (Wildman–Crippen MR) is 112 cm³/mol. The predicted octanol–water partition coefficient (Wildman–Crippen LogP) is 4.01. The monoisotopic (exact) mass is 389 g/mol. The molecular formula is C23H23N3O3. The van der Waals surface area contributed by atoms with Crippen LogP contribution in [0.3, 0.4) is 0 Å². The van der Waals surface area contributed by atoms with E-state index < -0.39 is 0 Å². The zero-order chi connectivity index (χ0) is 20.1. The molecule has 2 heterocycles. The van der Waals surface area contributed by atoms with Gasteiger partial charge in [-0.15, -0.1) is 0 Å². The van der Waals surface area contributed by atoms with Crippen molar-refractivity contribution in [1.82, 2.24) is 9.88 Å². The number of para-hydroxylation sites is 1. The van der Waals surface area contributed by atoms with Gasteiger partial charge in [0, 0.05) is 22.6 Å². The van der Waals surface area contributed by atoms with E-state index in [0.29, 0.717) is 23.8 Å². The molecule has 1 fully saturated rings. The van der Waals surface area contributed by atoms with Crippen LogP contribution < -0.4 is 15.2 Å². The molecule has 0 spiro atoms. The summed E-state index contributed by atoms with van der Waals surface area (Å²) in [7, 11) is 3.28. The summed E-state index contributed by atoms with van der Waals surface area (Å²) in [5, 5.41) is 0.787. The van der Waals surface area contributed by atoms with E-state index in [1.807, 2.05) is 41.3 Å². The van der Waals surface area contributed by atoms with Crippen LogP contribution in [-0.4, -0.2) is 36.1 Å². The van der Waals surface area contributed by atoms with Crippen LogP contribution in [0, 0.1) is 0 Å². The number of hydrogen-bond acceptors (Lipinski definition) is 5. The number of carbonyl (C=O) groups is 1. The highest BCUT2D eigenvalue weighted by atomic mass is 16.5. The van der Waals surface area contributed by atoms with Gasteiger partial charge in [-0.2, -0.15) is 0 Å². The first-order valence-electron chi connectivity index (χ1n) is 9.86. The number of nitrogens with two attached hydrogens (primary N) is 1. The topological polar surface area (TPSA) is 77.7 Å². The average molecular weight is 389 g/mol. The lowest BCUT2D eigenvalue weighted by atomic mass is 9.92. The van der Waals surface area contributed by atoms with E-state index in [9.17, 15) is 4.79 Å². The van der Waals surface area contributed by atoms with Crippen molar-refractivity contribution in [3.8, 4) is 22.6 Å². The van der Waals surface area contributed by atoms with E-state index in [-0.39, 0.29) is 5.91 Å². The van der Waals surface area contributed by atoms with E-state index >= 15 is 0 Å². The van der Waals surface area contributed by atoms with Gasteiger partial charge in [0.1, 0.15) is 11.5 Å². The molecule has 1 aliphatic carbocycles. The summed E-state index contributed by atoms with van der Waals surface area (Å²) in [4.78, 5) is 19.9. The first kappa shape index (κ1) is 17.8. The maximum absolute atomic E-state index is 13.0. The average Bonchev–Trinajstić information content (AvgIpc) is 3.02. The van der Waals surface area contributed by atoms with Crippen LogP contribution in [0.15, 0.2) is 36.4 Å². The molecule has 29 heavy (non-hydrogen) atoms. The second-order valence-electron chi connectivity index (χ2n) is 7.63. The summed E-state index contributed by atoms with van der Waals surface area (Å²) in [6.45, 7) is 0.530. The fraction of sp³-hybridized carbons (Fsp3) is 0.304. The number of ether oxygens (including phenoxy) is 2. The van der Waals surface area contributed by atoms with Crippen LogP contribution in [0.4, 0.5) is 5.69 Å². The zero-order valence-corrected chi connectivity index (χ0v) is 16.6. The summed E-state index contributed by atoms with van der Waals surface area (Å²) in [5.41, 5.74) is 10.9. The van der Waals surface area contributed by atoms with Crippen LogP contribution in [0.5, 0.6) is 11.5 Å². The third-order valence-corrected chi connectivity index (χ3v) is 6.14. The quantitative estimate of drug-likeness (QED) is 0.729. The van der Waals surface area contributed by atoms with E-state index in [0.717, 1.165) is 52.1 Å². The number of anilines is 1. The Morgan fingerprint density at radius 2 is 1.93 bits per heavy atom. The van der Waals surface area contributed by atoms with Crippen molar-refractivity contribution in [2.45, 2.75) is 31.8 Å². The Morgan fingerprint density at radius 3 is 2.62 bits per heavy atom. The number of hydrogen-bond donors (Lipinski definition) is 1. The third kappa shape index (κ3) is 2.63. The Morgan fingerprint density at radius 1 is 1.10 bits per heavy atom. The summed E-state index contributed by atoms with van der Waals surface area (Å²) in [5.74, 6) is 1.48. The molecule has 1 amide bonds. The summed E-state index contributed by atoms with van der Waals surface area (Å²) < 4.78 is 11.0. The molecule has 0 saturated heterocycles. The van der Waals surface area contributed by atoms with Crippen molar-refractivity contribution in [3.63, 3.8) is 0 Å². The number of pyridine rings is 1. The van der Waals surface area contributed by atoms with Gasteiger partial charge in [-0.1, -0.05) is 18.2 Å². The van der Waals surface area contributed by atoms with Gasteiger partial charge >= 0.3 is 0 Å². The van der Waals surface area contributed by atoms with Crippen LogP contribution in [-0.2, 0) is 6.54 Å². The molecule has 5 rings (SSSR count). The molecule has 1 aromatic heterocycles. The van der Waals surface area contributed by atoms with Gasteiger partial charge < -0.3 is 20.1 Å². The number of nitrogen functional groups attached to an aromatic ring is 1. The molecule has 148 valence electrons. The molecule has 2 aliphatic rings. The Kier molecular flexibility index (Phi) is 4.08. The van der Waals surface area contributed by atoms with Gasteiger partial charge in [0.2, 0.25) is 0 Å². The number of nitrogens with zero attached hydrogens (tertiary/aromatic N) is 2. The SMILES string of the molecule is COc1ccc(OC)c(-c2cccc3c(N)c4c(nc23)CN(C2CCC2)C4=O)c1. The van der Waals surface area contributed by atoms with Gasteiger partial charge in [0.05, 0.1) is 43.2 Å². The van der Waals surface area contributed by atoms with Gasteiger partial charge in [-0.05, 0) is 37.5 Å². The van der Waals surface area contributed by atoms with Gasteiger partial charge in [0.25, 0.3) is 5.91 Å². The molecule has 2 aromatic carbocycles. The van der Waals surface area contributed by atoms with Crippen LogP contribution in [0.25, 0.3) is 22.0 Å². The van der Waals surface area contributed by atoms with Crippen molar-refractivity contribution in [1.29, 1.82) is 0 Å². The number of amides is 1. The molecule has 1 saturated carbocycles. The third-order valence-electron chi connectivity index (χ3n) is 6.14. The van der Waals surface area contributed by atoms with Gasteiger partial charge in [-0.3, -0.25) is 4.79 Å². The molecule has 1 aliphatic heterocycles. The normalized spacial score (nSPS) is 16.1. The number of rotatable bonds is 4. The fourth-order valence-corrected chi connectivity index (χ4v) is 4.33. The molecule has 2 N–H and O–H groups in total. The smallest absolute Gasteiger partial charge is 0.258 e. The maximum atomic E-state index is 13.0. The number of aromatic nitrogens is 1. The molecule has 0 atom stereocenters. The molecule has 0 bridgehead atoms. The number of benzene rings is 2. The number of carbonyl (C=O) groups excluding carboxylic acids is 1. The van der Waals surface area contributed by atoms with E-state index in [2.05, 4.69) is 0 Å². The number of methoxy groups -OCH3 is 2. The highest BCUT2D eigenvalue weighted by Crippen LogP contribution is 2.41. The first-order chi connectivity index (χ1) is 14.1. The highest BCUT2D eigenvalue weighted by Gasteiger charge is 2.38. The summed E-state index contributed by atoms with van der Waals surface area (Å²) >= 11 is 0. The van der Waals surface area contributed by atoms with E-state index in [1.54, 1.807) is 14.2 Å². The minimum Gasteiger partial charge on any atom is -0.497 e. The molecule has 6 nitrogen and oxygen atoms in total. The largest absolute Gasteiger partial charge is 0.497 e. The van der Waals surface area contributed by atoms with Crippen molar-refractivity contribution < 1.29 is 14.3 Å². The lowest BCUT2D eigenvalue weighted by Gasteiger charge is -2.34. The molecule has 3 aromatic rings. The minimum atomic E-state index is 0.0148. The zero-order valence-electron chi connectivity index (χ0n) is 16.6. The Labute approximate surface area is 169 Å². The molecular weight excluding hydrogens is 366 g/mol. The van der Waals surface area contributed by atoms with E-state index in [4.69, 9.17) is 20.2 Å². The van der Waals surface area contributed by atoms with Crippen LogP contribution in [0.2, 0.25) is 0 Å². The lowest BCUT2D eigenvalue weighted by molar-refractivity contribution is 0.0606. The second-order valence-corrected chi connectivity index (χ2v) is 7.63. The van der Waals surface area contributed by atoms with Crippen LogP contribution >= 0.6 is 0 Å². The van der Waals surface area contributed by atoms with Crippen LogP contribution in [0.1, 0.15) is 35.3 Å². The molecule has 0 unspecified atom stereocenters. The standard InChI is InChI=1S/C23H23N3O3/c1-28-14-9-10-19(29-2)17(11-14)15-7-4-8-16-21(24)20-18(25-22(15)16)12-26(23(20)27)13-5-3-6-13/h4,7-11,13H,3,5-6,12H2,1-2H3,(H2,24,25). The van der Waals surface area contributed by atoms with Crippen molar-refractivity contribution in [2.24, 2.45) is 0 Å². The Bertz CT molecular complexity index is 1140. The van der Waals surface area contributed by atoms with Crippen molar-refractivity contribution >= 4 is 22.5 Å². The highest BCUT2D eigenvalue weighted by molar-refractivity contribution is 6.11. The Balaban J connectivity index is 1.71. The minimum absolute atomic E-state index is 0.0148. The van der Waals surface area contributed by atoms with Crippen molar-refractivity contribution in [3.05, 3.63) is 47.7 Å². The Hall–Kier alpha value is -3.28. The van der Waals surface area contributed by atoms with Gasteiger partial charge in [-0.25, -0.2) is 4.98 Å². The second kappa shape index (κ2) is 6.65.